The number of hydrogen-bond donors (Lipinski definition) is 0. The predicted molar refractivity (Wildman–Crippen MR) is 224 cm³/mol. The molecule has 0 atom stereocenters. The largest absolute Gasteiger partial charge is 0.0630 e. The zero-order valence-electron chi connectivity index (χ0n) is 58.2. The van der Waals surface area contributed by atoms with Crippen LogP contribution in [0.5, 0.6) is 0 Å². The monoisotopic (exact) mass is 690 g/mol. The summed E-state index contributed by atoms with van der Waals surface area (Å²) >= 11 is 0. The predicted octanol–water partition coefficient (Wildman–Crippen LogP) is 14.6. The molecule has 0 bridgehead atoms. The van der Waals surface area contributed by atoms with Crippen molar-refractivity contribution in [1.82, 2.24) is 0 Å². The van der Waals surface area contributed by atoms with Gasteiger partial charge in [-0.05, 0) is 111 Å². The second kappa shape index (κ2) is 12.5. The van der Waals surface area contributed by atoms with E-state index < -0.39 is 292 Å². The van der Waals surface area contributed by atoms with E-state index in [9.17, 15) is 13.7 Å². The maximum atomic E-state index is 9.78. The van der Waals surface area contributed by atoms with Gasteiger partial charge in [0.25, 0.3) is 0 Å². The summed E-state index contributed by atoms with van der Waals surface area (Å²) in [6.07, 6.45) is 0. The van der Waals surface area contributed by atoms with Crippen molar-refractivity contribution in [2.45, 2.75) is 0 Å². The summed E-state index contributed by atoms with van der Waals surface area (Å²) < 4.78 is 287. The van der Waals surface area contributed by atoms with Crippen LogP contribution in [0.3, 0.4) is 0 Å². The molecular weight excluding hydrogens is 625 g/mol. The summed E-state index contributed by atoms with van der Waals surface area (Å²) in [5.74, 6) is 0. The Balaban J connectivity index is 1.37. The molecule has 0 nitrogen and oxygen atoms in total. The minimum Gasteiger partial charge on any atom is -0.0616 e. The molecule has 10 aromatic carbocycles. The quantitative estimate of drug-likeness (QED) is 0.169. The van der Waals surface area contributed by atoms with Crippen molar-refractivity contribution in [2.24, 2.45) is 0 Å². The van der Waals surface area contributed by atoms with E-state index in [2.05, 4.69) is 0 Å². The Labute approximate surface area is 348 Å². The van der Waals surface area contributed by atoms with Gasteiger partial charge in [-0.3, -0.25) is 0 Å². The van der Waals surface area contributed by atoms with Gasteiger partial charge in [0, 0.05) is 0 Å². The van der Waals surface area contributed by atoms with Crippen LogP contribution in [-0.2, 0) is 0 Å². The van der Waals surface area contributed by atoms with Gasteiger partial charge in [0.2, 0.25) is 0 Å². The summed E-state index contributed by atoms with van der Waals surface area (Å²) in [4.78, 5) is 0. The van der Waals surface area contributed by atoms with Gasteiger partial charge in [0.15, 0.2) is 0 Å². The second-order valence-corrected chi connectivity index (χ2v) is 11.2. The summed E-state index contributed by atoms with van der Waals surface area (Å²) in [5.41, 5.74) is -6.87. The molecule has 0 N–H and O–H groups in total. The lowest BCUT2D eigenvalue weighted by Crippen LogP contribution is -1.90. The average Bonchev–Trinajstić information content (AvgIpc) is 0.745. The van der Waals surface area contributed by atoms with Gasteiger partial charge in [0.05, 0.1) is 43.9 Å². The van der Waals surface area contributed by atoms with Crippen molar-refractivity contribution in [3.63, 3.8) is 0 Å². The molecule has 0 heteroatoms. The van der Waals surface area contributed by atoms with Crippen molar-refractivity contribution < 1.29 is 43.9 Å². The Morgan fingerprint density at radius 3 is 0.885 bits per heavy atom. The van der Waals surface area contributed by atoms with Crippen LogP contribution < -0.4 is 0 Å². The van der Waals surface area contributed by atoms with E-state index >= 15 is 0 Å². The Bertz CT molecular complexity index is 4480. The molecule has 0 saturated carbocycles. The smallest absolute Gasteiger partial charge is 0.0616 e. The summed E-state index contributed by atoms with van der Waals surface area (Å²) in [6, 6.07) is -28.0. The van der Waals surface area contributed by atoms with E-state index in [4.69, 9.17) is 30.2 Å². The van der Waals surface area contributed by atoms with Gasteiger partial charge in [-0.2, -0.15) is 0 Å². The van der Waals surface area contributed by atoms with E-state index in [0.29, 0.717) is 0 Å². The molecule has 10 aromatic rings. The molecule has 242 valence electrons. The molecule has 0 aliphatic heterocycles. The lowest BCUT2D eigenvalue weighted by molar-refractivity contribution is 1.61. The highest BCUT2D eigenvalue weighted by Gasteiger charge is 2.15. The summed E-state index contributed by atoms with van der Waals surface area (Å²) in [5, 5.41) is -5.26. The lowest BCUT2D eigenvalue weighted by atomic mass is 9.87. The van der Waals surface area contributed by atoms with E-state index in [1.54, 1.807) is 0 Å². The molecule has 0 radical (unpaired) electrons. The molecule has 0 aromatic heterocycles. The van der Waals surface area contributed by atoms with Crippen LogP contribution in [0.1, 0.15) is 43.9 Å². The van der Waals surface area contributed by atoms with Crippen LogP contribution in [0.15, 0.2) is 205 Å². The third kappa shape index (κ3) is 5.08. The Kier molecular flexibility index (Phi) is 2.87. The van der Waals surface area contributed by atoms with Crippen molar-refractivity contribution >= 4 is 43.1 Å². The van der Waals surface area contributed by atoms with Crippen LogP contribution in [-0.4, -0.2) is 0 Å². The Morgan fingerprint density at radius 1 is 0.212 bits per heavy atom. The molecule has 10 rings (SSSR count). The van der Waals surface area contributed by atoms with E-state index in [1.165, 1.54) is 0 Å². The van der Waals surface area contributed by atoms with Gasteiger partial charge < -0.3 is 0 Å². The molecule has 0 fully saturated rings. The van der Waals surface area contributed by atoms with E-state index in [0.717, 1.165) is 12.1 Å². The summed E-state index contributed by atoms with van der Waals surface area (Å²) in [7, 11) is 0. The van der Waals surface area contributed by atoms with Gasteiger partial charge in [-0.15, -0.1) is 0 Å². The highest BCUT2D eigenvalue weighted by molar-refractivity contribution is 6.12. The minimum atomic E-state index is -1.11. The molecule has 0 aliphatic carbocycles. The van der Waals surface area contributed by atoms with Crippen LogP contribution in [0, 0.1) is 0 Å². The third-order valence-electron chi connectivity index (χ3n) is 8.32. The number of hydrogen-bond acceptors (Lipinski definition) is 0. The third-order valence-corrected chi connectivity index (χ3v) is 8.32. The SMILES string of the molecule is [2H]c1c(-c2c([2H])c([2H])c([2H])c3c([2H])c([2H])c([2H])c([2H])c23)cc(-c2c([2H])c([2H])c(-c3c([2H])c([2H])c(-c4cc(-c5c([2H])c([2H])c([2H])c6c([2H])c([2H])c([2H])c([2H])c56)c([2H])c([2H])c4[2H])c4c([2H])c([2H])c([2H])c([2H])c34)c3c([2H])c([2H])c([2H])c([2H])c23)c([2H])c1[2H]. The molecule has 0 amide bonds. The first-order valence-corrected chi connectivity index (χ1v) is 15.4. The highest BCUT2D eigenvalue weighted by atomic mass is 14.2. The highest BCUT2D eigenvalue weighted by Crippen LogP contribution is 2.42. The fourth-order valence-corrected chi connectivity index (χ4v) is 5.99. The van der Waals surface area contributed by atoms with Crippen molar-refractivity contribution in [3.8, 4) is 55.6 Å². The molecule has 0 unspecified atom stereocenters. The van der Waals surface area contributed by atoms with Gasteiger partial charge in [-0.25, -0.2) is 0 Å². The molecular formula is C52H34. The van der Waals surface area contributed by atoms with Crippen LogP contribution in [0.4, 0.5) is 0 Å². The van der Waals surface area contributed by atoms with Crippen LogP contribution in [0.2, 0.25) is 0 Å². The maximum absolute atomic E-state index is 9.78. The van der Waals surface area contributed by atoms with Crippen LogP contribution >= 0.6 is 0 Å². The standard InChI is InChI=1S/C52H34/c1-3-21-41-35(13-1)15-11-27-43(41)37-17-9-19-39(33-37)45-29-31-51(49-25-7-5-23-47(45)49)52-32-30-46(48-24-6-8-26-50(48)52)40-20-10-18-38(34-40)44-28-12-16-36-14-2-4-22-42(36)44/h1-34H/i1D,2D,3D,4D,5D,6D,7D,8D,9D,10D,11D,12D,13D,14D,15D,16D,17D,18D,19D,20D,21D,22D,23D,24D,25D,26D,27D,28D,29D,30D,31D,32D. The number of rotatable bonds is 5. The van der Waals surface area contributed by atoms with Crippen LogP contribution in [0.25, 0.3) is 98.7 Å². The number of benzene rings is 10. The lowest BCUT2D eigenvalue weighted by Gasteiger charge is -2.17. The minimum absolute atomic E-state index is 0.550. The first kappa shape index (κ1) is 11.9. The topological polar surface area (TPSA) is 0 Å². The van der Waals surface area contributed by atoms with E-state index in [-0.39, 0.29) is 0 Å². The number of fused-ring (bicyclic) bond motifs is 4. The first-order chi connectivity index (χ1) is 39.1. The fraction of sp³-hybridized carbons (Fsp3) is 0. The van der Waals surface area contributed by atoms with Gasteiger partial charge >= 0.3 is 0 Å². The summed E-state index contributed by atoms with van der Waals surface area (Å²) in [6.45, 7) is 0. The van der Waals surface area contributed by atoms with E-state index in [1.807, 2.05) is 0 Å². The average molecular weight is 691 g/mol. The van der Waals surface area contributed by atoms with Gasteiger partial charge in [-0.1, -0.05) is 193 Å². The maximum Gasteiger partial charge on any atom is 0.0630 e. The second-order valence-electron chi connectivity index (χ2n) is 11.2. The Morgan fingerprint density at radius 2 is 0.481 bits per heavy atom. The van der Waals surface area contributed by atoms with Crippen molar-refractivity contribution in [2.75, 3.05) is 0 Å². The zero-order valence-corrected chi connectivity index (χ0v) is 26.2. The molecule has 52 heavy (non-hydrogen) atoms. The zero-order chi connectivity index (χ0) is 62.3. The molecule has 0 heterocycles. The normalized spacial score (nSPS) is 20.1. The van der Waals surface area contributed by atoms with Crippen molar-refractivity contribution in [1.29, 1.82) is 0 Å². The molecule has 0 saturated heterocycles. The molecule has 0 spiro atoms. The first-order valence-electron chi connectivity index (χ1n) is 31.4. The Hall–Kier alpha value is -6.76. The molecule has 0 aliphatic rings. The fourth-order valence-electron chi connectivity index (χ4n) is 5.99. The van der Waals surface area contributed by atoms with Gasteiger partial charge in [0.1, 0.15) is 0 Å². The van der Waals surface area contributed by atoms with Crippen molar-refractivity contribution in [3.05, 3.63) is 205 Å².